The van der Waals surface area contributed by atoms with Gasteiger partial charge in [0.15, 0.2) is 0 Å². The Bertz CT molecular complexity index is 97.7. The van der Waals surface area contributed by atoms with Crippen molar-refractivity contribution in [1.82, 2.24) is 4.98 Å². The molecule has 1 atom stereocenters. The van der Waals surface area contributed by atoms with Crippen molar-refractivity contribution in [2.45, 2.75) is 32.6 Å². The third-order valence-electron chi connectivity index (χ3n) is 0.865. The maximum absolute atomic E-state index is 10.1. The quantitative estimate of drug-likeness (QED) is 0.474. The van der Waals surface area contributed by atoms with Gasteiger partial charge < -0.3 is 9.78 Å². The van der Waals surface area contributed by atoms with E-state index in [-0.39, 0.29) is 6.04 Å². The molecule has 0 aromatic heterocycles. The maximum atomic E-state index is 10.1. The van der Waals surface area contributed by atoms with Crippen LogP contribution in [0.1, 0.15) is 6.92 Å². The number of hydrogen-bond acceptors (Lipinski definition) is 2. The molecule has 0 rings (SSSR count). The van der Waals surface area contributed by atoms with E-state index in [0.29, 0.717) is 0 Å². The second-order valence-electron chi connectivity index (χ2n) is 3.32. The maximum Gasteiger partial charge on any atom is 0.135 e. The summed E-state index contributed by atoms with van der Waals surface area (Å²) in [7, 11) is -1.22. The van der Waals surface area contributed by atoms with Crippen molar-refractivity contribution in [2.75, 3.05) is 0 Å². The predicted molar refractivity (Wildman–Crippen MR) is 42.0 cm³/mol. The summed E-state index contributed by atoms with van der Waals surface area (Å²) in [5.41, 5.74) is 0. The first-order chi connectivity index (χ1) is 3.95. The fourth-order valence-corrected chi connectivity index (χ4v) is 2.15. The van der Waals surface area contributed by atoms with Crippen LogP contribution in [-0.2, 0) is 4.79 Å². The topological polar surface area (TPSA) is 29.1 Å². The predicted octanol–water partition coefficient (Wildman–Crippen LogP) is 0.998. The van der Waals surface area contributed by atoms with Crippen molar-refractivity contribution in [3.63, 3.8) is 0 Å². The summed E-state index contributed by atoms with van der Waals surface area (Å²) in [5.74, 6) is 0. The monoisotopic (exact) mass is 145 g/mol. The zero-order valence-corrected chi connectivity index (χ0v) is 7.56. The standard InChI is InChI=1S/C6H15NOSi/c1-6(5-8)7-9(2,3)4/h5-7H,1-4H3/t6-/m0/s1. The van der Waals surface area contributed by atoms with Gasteiger partial charge in [-0.3, -0.25) is 0 Å². The van der Waals surface area contributed by atoms with Crippen LogP contribution < -0.4 is 4.98 Å². The van der Waals surface area contributed by atoms with E-state index in [1.165, 1.54) is 0 Å². The van der Waals surface area contributed by atoms with E-state index >= 15 is 0 Å². The van der Waals surface area contributed by atoms with Gasteiger partial charge in [0.25, 0.3) is 0 Å². The van der Waals surface area contributed by atoms with Gasteiger partial charge in [0.1, 0.15) is 14.5 Å². The lowest BCUT2D eigenvalue weighted by atomic mass is 10.4. The molecule has 0 bridgehead atoms. The molecule has 0 aromatic carbocycles. The number of aldehydes is 1. The molecule has 0 heterocycles. The summed E-state index contributed by atoms with van der Waals surface area (Å²) in [4.78, 5) is 13.4. The van der Waals surface area contributed by atoms with Crippen LogP contribution in [0.4, 0.5) is 0 Å². The summed E-state index contributed by atoms with van der Waals surface area (Å²) in [6, 6.07) is 0.0247. The Morgan fingerprint density at radius 2 is 1.89 bits per heavy atom. The third-order valence-corrected chi connectivity index (χ3v) is 2.19. The molecule has 0 unspecified atom stereocenters. The van der Waals surface area contributed by atoms with Gasteiger partial charge in [0.2, 0.25) is 0 Å². The fraction of sp³-hybridized carbons (Fsp3) is 0.833. The van der Waals surface area contributed by atoms with Gasteiger partial charge in [-0.25, -0.2) is 0 Å². The first-order valence-corrected chi connectivity index (χ1v) is 6.69. The second-order valence-corrected chi connectivity index (χ2v) is 8.11. The van der Waals surface area contributed by atoms with Crippen molar-refractivity contribution in [3.8, 4) is 0 Å². The van der Waals surface area contributed by atoms with E-state index < -0.39 is 8.24 Å². The minimum absolute atomic E-state index is 0.0247. The molecule has 0 saturated carbocycles. The molecule has 2 nitrogen and oxygen atoms in total. The Labute approximate surface area is 57.7 Å². The molecule has 0 spiro atoms. The lowest BCUT2D eigenvalue weighted by Crippen LogP contribution is -2.47. The highest BCUT2D eigenvalue weighted by Gasteiger charge is 2.14. The average molecular weight is 145 g/mol. The first kappa shape index (κ1) is 8.85. The summed E-state index contributed by atoms with van der Waals surface area (Å²) in [6.07, 6.45) is 0.943. The summed E-state index contributed by atoms with van der Waals surface area (Å²) in [6.45, 7) is 8.40. The molecular weight excluding hydrogens is 130 g/mol. The van der Waals surface area contributed by atoms with E-state index in [9.17, 15) is 4.79 Å². The molecule has 0 aliphatic rings. The van der Waals surface area contributed by atoms with E-state index in [1.54, 1.807) is 0 Å². The van der Waals surface area contributed by atoms with Gasteiger partial charge in [0, 0.05) is 0 Å². The molecule has 9 heavy (non-hydrogen) atoms. The van der Waals surface area contributed by atoms with E-state index in [0.717, 1.165) is 6.29 Å². The van der Waals surface area contributed by atoms with E-state index in [1.807, 2.05) is 6.92 Å². The van der Waals surface area contributed by atoms with Crippen LogP contribution in [0.2, 0.25) is 19.6 Å². The molecule has 1 N–H and O–H groups in total. The number of rotatable bonds is 3. The number of carbonyl (C=O) groups excluding carboxylic acids is 1. The third kappa shape index (κ3) is 5.72. The van der Waals surface area contributed by atoms with E-state index in [2.05, 4.69) is 24.6 Å². The van der Waals surface area contributed by atoms with Gasteiger partial charge in [-0.15, -0.1) is 0 Å². The lowest BCUT2D eigenvalue weighted by Gasteiger charge is -2.19. The zero-order valence-electron chi connectivity index (χ0n) is 6.56. The molecular formula is C6H15NOSi. The number of carbonyl (C=O) groups is 1. The Morgan fingerprint density at radius 1 is 1.44 bits per heavy atom. The van der Waals surface area contributed by atoms with Gasteiger partial charge >= 0.3 is 0 Å². The minimum atomic E-state index is -1.22. The van der Waals surface area contributed by atoms with Crippen molar-refractivity contribution in [1.29, 1.82) is 0 Å². The van der Waals surface area contributed by atoms with Crippen molar-refractivity contribution in [3.05, 3.63) is 0 Å². The van der Waals surface area contributed by atoms with Crippen molar-refractivity contribution < 1.29 is 4.79 Å². The minimum Gasteiger partial charge on any atom is -0.329 e. The fourth-order valence-electron chi connectivity index (χ4n) is 0.717. The molecule has 0 fully saturated rings. The second kappa shape index (κ2) is 3.13. The molecule has 0 aliphatic heterocycles. The van der Waals surface area contributed by atoms with Crippen LogP contribution >= 0.6 is 0 Å². The molecule has 3 heteroatoms. The average Bonchev–Trinajstić information content (AvgIpc) is 1.62. The highest BCUT2D eigenvalue weighted by Crippen LogP contribution is 1.94. The molecule has 54 valence electrons. The highest BCUT2D eigenvalue weighted by atomic mass is 28.3. The normalized spacial score (nSPS) is 15.1. The van der Waals surface area contributed by atoms with Gasteiger partial charge in [-0.1, -0.05) is 19.6 Å². The Morgan fingerprint density at radius 3 is 2.00 bits per heavy atom. The van der Waals surface area contributed by atoms with E-state index in [4.69, 9.17) is 0 Å². The van der Waals surface area contributed by atoms with Crippen LogP contribution in [0.5, 0.6) is 0 Å². The van der Waals surface area contributed by atoms with Crippen molar-refractivity contribution >= 4 is 14.5 Å². The van der Waals surface area contributed by atoms with Crippen LogP contribution in [0.25, 0.3) is 0 Å². The molecule has 0 radical (unpaired) electrons. The lowest BCUT2D eigenvalue weighted by molar-refractivity contribution is -0.108. The Hall–Kier alpha value is -0.153. The molecule has 0 saturated heterocycles. The molecule has 0 aliphatic carbocycles. The number of hydrogen-bond donors (Lipinski definition) is 1. The van der Waals surface area contributed by atoms with Gasteiger partial charge in [-0.2, -0.15) is 0 Å². The summed E-state index contributed by atoms with van der Waals surface area (Å²) in [5, 5.41) is 0. The van der Waals surface area contributed by atoms with Gasteiger partial charge in [-0.05, 0) is 6.92 Å². The van der Waals surface area contributed by atoms with Crippen LogP contribution in [0.15, 0.2) is 0 Å². The van der Waals surface area contributed by atoms with Crippen LogP contribution in [0, 0.1) is 0 Å². The van der Waals surface area contributed by atoms with Crippen LogP contribution in [-0.4, -0.2) is 20.6 Å². The Balaban J connectivity index is 3.59. The van der Waals surface area contributed by atoms with Crippen LogP contribution in [0.3, 0.4) is 0 Å². The smallest absolute Gasteiger partial charge is 0.135 e. The Kier molecular flexibility index (Phi) is 3.07. The van der Waals surface area contributed by atoms with Crippen molar-refractivity contribution in [2.24, 2.45) is 0 Å². The summed E-state index contributed by atoms with van der Waals surface area (Å²) >= 11 is 0. The number of nitrogens with one attached hydrogen (secondary N) is 1. The highest BCUT2D eigenvalue weighted by molar-refractivity contribution is 6.73. The largest absolute Gasteiger partial charge is 0.329 e. The van der Waals surface area contributed by atoms with Gasteiger partial charge in [0.05, 0.1) is 6.04 Å². The molecule has 0 amide bonds. The zero-order chi connectivity index (χ0) is 7.49. The first-order valence-electron chi connectivity index (χ1n) is 3.19. The molecule has 0 aromatic rings. The SMILES string of the molecule is C[C@@H](C=O)N[Si](C)(C)C. The summed E-state index contributed by atoms with van der Waals surface area (Å²) < 4.78 is 0.